The SMILES string of the molecule is CC[C@@]12C[C@@H](CN)C[C@@H]([C@@H]3O[C@@H]31)N2C(=O)O. The van der Waals surface area contributed by atoms with Gasteiger partial charge in [0, 0.05) is 0 Å². The zero-order valence-electron chi connectivity index (χ0n) is 9.43. The molecule has 0 unspecified atom stereocenters. The zero-order chi connectivity index (χ0) is 11.5. The van der Waals surface area contributed by atoms with Crippen LogP contribution < -0.4 is 5.73 Å². The minimum Gasteiger partial charge on any atom is -0.465 e. The molecule has 3 rings (SSSR count). The Morgan fingerprint density at radius 2 is 2.44 bits per heavy atom. The van der Waals surface area contributed by atoms with Gasteiger partial charge < -0.3 is 15.6 Å². The van der Waals surface area contributed by atoms with E-state index < -0.39 is 6.09 Å². The van der Waals surface area contributed by atoms with Gasteiger partial charge in [0.15, 0.2) is 0 Å². The Morgan fingerprint density at radius 1 is 1.69 bits per heavy atom. The molecule has 90 valence electrons. The van der Waals surface area contributed by atoms with Crippen molar-refractivity contribution in [3.63, 3.8) is 0 Å². The van der Waals surface area contributed by atoms with Gasteiger partial charge in [0.1, 0.15) is 12.2 Å². The fourth-order valence-electron chi connectivity index (χ4n) is 3.87. The Bertz CT molecular complexity index is 335. The summed E-state index contributed by atoms with van der Waals surface area (Å²) in [5.74, 6) is 0.456. The van der Waals surface area contributed by atoms with Crippen LogP contribution in [0.25, 0.3) is 0 Å². The summed E-state index contributed by atoms with van der Waals surface area (Å²) >= 11 is 0. The number of piperidine rings is 1. The molecule has 0 saturated carbocycles. The van der Waals surface area contributed by atoms with Crippen molar-refractivity contribution in [1.29, 1.82) is 0 Å². The molecule has 5 nitrogen and oxygen atoms in total. The molecule has 5 atom stereocenters. The molecule has 5 heteroatoms. The second-order valence-electron chi connectivity index (χ2n) is 5.24. The number of hydrogen-bond donors (Lipinski definition) is 2. The van der Waals surface area contributed by atoms with Crippen LogP contribution in [0.2, 0.25) is 0 Å². The highest BCUT2D eigenvalue weighted by Gasteiger charge is 2.72. The lowest BCUT2D eigenvalue weighted by atomic mass is 9.79. The lowest BCUT2D eigenvalue weighted by Crippen LogP contribution is -2.59. The Labute approximate surface area is 94.5 Å². The van der Waals surface area contributed by atoms with E-state index in [1.807, 2.05) is 0 Å². The van der Waals surface area contributed by atoms with E-state index in [1.54, 1.807) is 4.90 Å². The molecule has 3 N–H and O–H groups in total. The third kappa shape index (κ3) is 1.05. The predicted molar refractivity (Wildman–Crippen MR) is 57.1 cm³/mol. The highest BCUT2D eigenvalue weighted by atomic mass is 16.6. The smallest absolute Gasteiger partial charge is 0.408 e. The summed E-state index contributed by atoms with van der Waals surface area (Å²) in [5, 5.41) is 9.35. The topological polar surface area (TPSA) is 79.1 Å². The van der Waals surface area contributed by atoms with Gasteiger partial charge in [0.05, 0.1) is 11.6 Å². The fraction of sp³-hybridized carbons (Fsp3) is 0.909. The Hall–Kier alpha value is -0.810. The van der Waals surface area contributed by atoms with Gasteiger partial charge in [0.25, 0.3) is 0 Å². The summed E-state index contributed by atoms with van der Waals surface area (Å²) in [7, 11) is 0. The maximum atomic E-state index is 11.4. The summed E-state index contributed by atoms with van der Waals surface area (Å²) in [6.07, 6.45) is 2.05. The maximum Gasteiger partial charge on any atom is 0.408 e. The number of epoxide rings is 1. The molecule has 3 heterocycles. The first-order valence-corrected chi connectivity index (χ1v) is 6.02. The van der Waals surface area contributed by atoms with Crippen molar-refractivity contribution in [3.05, 3.63) is 0 Å². The van der Waals surface area contributed by atoms with E-state index in [1.165, 1.54) is 0 Å². The minimum absolute atomic E-state index is 0.0461. The zero-order valence-corrected chi connectivity index (χ0v) is 9.43. The van der Waals surface area contributed by atoms with Crippen LogP contribution >= 0.6 is 0 Å². The summed E-state index contributed by atoms with van der Waals surface area (Å²) in [5.41, 5.74) is 5.46. The van der Waals surface area contributed by atoms with Gasteiger partial charge in [-0.15, -0.1) is 0 Å². The number of nitrogens with two attached hydrogens (primary N) is 1. The van der Waals surface area contributed by atoms with E-state index in [2.05, 4.69) is 6.92 Å². The summed E-state index contributed by atoms with van der Waals surface area (Å²) < 4.78 is 5.64. The van der Waals surface area contributed by atoms with Crippen molar-refractivity contribution in [3.8, 4) is 0 Å². The van der Waals surface area contributed by atoms with Gasteiger partial charge in [-0.2, -0.15) is 0 Å². The summed E-state index contributed by atoms with van der Waals surface area (Å²) in [6.45, 7) is 2.71. The molecule has 3 saturated heterocycles. The van der Waals surface area contributed by atoms with E-state index in [0.29, 0.717) is 12.5 Å². The third-order valence-electron chi connectivity index (χ3n) is 4.61. The van der Waals surface area contributed by atoms with Crippen LogP contribution in [0.4, 0.5) is 4.79 Å². The second-order valence-corrected chi connectivity index (χ2v) is 5.24. The standard InChI is InChI=1S/C11H18N2O3/c1-2-11-4-6(5-12)3-7(8-9(11)16-8)13(11)10(14)15/h6-9H,2-5,12H2,1H3,(H,14,15)/t6-,7-,8-,9-,11+/m0/s1. The Balaban J connectivity index is 1.96. The monoisotopic (exact) mass is 226 g/mol. The molecule has 16 heavy (non-hydrogen) atoms. The van der Waals surface area contributed by atoms with E-state index in [9.17, 15) is 9.90 Å². The average molecular weight is 226 g/mol. The van der Waals surface area contributed by atoms with Crippen LogP contribution in [0.15, 0.2) is 0 Å². The lowest BCUT2D eigenvalue weighted by molar-refractivity contribution is -0.0283. The Kier molecular flexibility index (Phi) is 2.01. The van der Waals surface area contributed by atoms with E-state index in [-0.39, 0.29) is 23.8 Å². The first kappa shape index (κ1) is 10.4. The van der Waals surface area contributed by atoms with Crippen molar-refractivity contribution in [2.75, 3.05) is 6.54 Å². The highest BCUT2D eigenvalue weighted by molar-refractivity contribution is 5.69. The van der Waals surface area contributed by atoms with E-state index in [0.717, 1.165) is 19.3 Å². The molecular weight excluding hydrogens is 208 g/mol. The van der Waals surface area contributed by atoms with Gasteiger partial charge >= 0.3 is 6.09 Å². The summed E-state index contributed by atoms with van der Waals surface area (Å²) in [4.78, 5) is 13.0. The van der Waals surface area contributed by atoms with Crippen LogP contribution in [0, 0.1) is 5.92 Å². The minimum atomic E-state index is -0.793. The number of carbonyl (C=O) groups is 1. The third-order valence-corrected chi connectivity index (χ3v) is 4.61. The van der Waals surface area contributed by atoms with E-state index in [4.69, 9.17) is 10.5 Å². The van der Waals surface area contributed by atoms with Crippen molar-refractivity contribution in [2.45, 2.75) is 50.0 Å². The van der Waals surface area contributed by atoms with Crippen molar-refractivity contribution in [2.24, 2.45) is 11.7 Å². The van der Waals surface area contributed by atoms with Crippen LogP contribution in [-0.2, 0) is 4.74 Å². The van der Waals surface area contributed by atoms with Crippen molar-refractivity contribution < 1.29 is 14.6 Å². The van der Waals surface area contributed by atoms with Gasteiger partial charge in [-0.05, 0) is 31.7 Å². The van der Waals surface area contributed by atoms with E-state index >= 15 is 0 Å². The number of ether oxygens (including phenoxy) is 1. The molecule has 0 aromatic carbocycles. The molecule has 3 fully saturated rings. The largest absolute Gasteiger partial charge is 0.465 e. The number of hydrogen-bond acceptors (Lipinski definition) is 3. The van der Waals surface area contributed by atoms with Crippen LogP contribution in [-0.4, -0.2) is 46.4 Å². The normalized spacial score (nSPS) is 49.0. The van der Waals surface area contributed by atoms with Gasteiger partial charge in [0.2, 0.25) is 0 Å². The van der Waals surface area contributed by atoms with Crippen LogP contribution in [0.3, 0.4) is 0 Å². The number of nitrogens with zero attached hydrogens (tertiary/aromatic N) is 1. The number of fused-ring (bicyclic) bond motifs is 5. The molecule has 0 aromatic rings. The predicted octanol–water partition coefficient (Wildman–Crippen LogP) is 0.633. The number of amides is 1. The number of carboxylic acid groups (broad SMARTS) is 1. The Morgan fingerprint density at radius 3 is 3.00 bits per heavy atom. The van der Waals surface area contributed by atoms with Crippen molar-refractivity contribution >= 4 is 6.09 Å². The molecule has 0 aromatic heterocycles. The molecule has 2 bridgehead atoms. The molecule has 3 aliphatic heterocycles. The average Bonchev–Trinajstić information content (AvgIpc) is 3.03. The quantitative estimate of drug-likeness (QED) is 0.677. The lowest BCUT2D eigenvalue weighted by Gasteiger charge is -2.47. The van der Waals surface area contributed by atoms with Gasteiger partial charge in [-0.3, -0.25) is 4.90 Å². The molecule has 0 radical (unpaired) electrons. The molecular formula is C11H18N2O3. The first-order chi connectivity index (χ1) is 7.64. The van der Waals surface area contributed by atoms with Crippen molar-refractivity contribution in [1.82, 2.24) is 4.90 Å². The summed E-state index contributed by atoms with van der Waals surface area (Å²) in [6, 6.07) is 0.0461. The second kappa shape index (κ2) is 3.11. The highest BCUT2D eigenvalue weighted by Crippen LogP contribution is 2.57. The fourth-order valence-corrected chi connectivity index (χ4v) is 3.87. The number of rotatable bonds is 2. The van der Waals surface area contributed by atoms with Gasteiger partial charge in [-0.1, -0.05) is 6.92 Å². The molecule has 1 amide bonds. The van der Waals surface area contributed by atoms with Crippen LogP contribution in [0.1, 0.15) is 26.2 Å². The number of morpholine rings is 1. The first-order valence-electron chi connectivity index (χ1n) is 6.02. The molecule has 0 spiro atoms. The maximum absolute atomic E-state index is 11.4. The van der Waals surface area contributed by atoms with Crippen LogP contribution in [0.5, 0.6) is 0 Å². The molecule has 0 aliphatic carbocycles. The molecule has 3 aliphatic rings. The van der Waals surface area contributed by atoms with Gasteiger partial charge in [-0.25, -0.2) is 4.79 Å².